The van der Waals surface area contributed by atoms with Crippen molar-refractivity contribution in [2.24, 2.45) is 0 Å². The molecule has 0 aliphatic rings. The van der Waals surface area contributed by atoms with Crippen molar-refractivity contribution in [3.8, 4) is 0 Å². The molecule has 1 amide bonds. The fourth-order valence-electron chi connectivity index (χ4n) is 2.67. The van der Waals surface area contributed by atoms with Crippen LogP contribution in [-0.2, 0) is 4.74 Å². The van der Waals surface area contributed by atoms with Gasteiger partial charge in [-0.3, -0.25) is 4.79 Å². The highest BCUT2D eigenvalue weighted by Gasteiger charge is 2.16. The van der Waals surface area contributed by atoms with E-state index in [1.165, 1.54) is 0 Å². The predicted molar refractivity (Wildman–Crippen MR) is 102 cm³/mol. The second-order valence-corrected chi connectivity index (χ2v) is 5.90. The molecule has 0 aliphatic heterocycles. The molecule has 4 nitrogen and oxygen atoms in total. The predicted octanol–water partition coefficient (Wildman–Crippen LogP) is 3.52. The molecular formula is C21H28N2O2. The number of hydrogen-bond donors (Lipinski definition) is 1. The lowest BCUT2D eigenvalue weighted by Gasteiger charge is -2.21. The molecule has 134 valence electrons. The lowest BCUT2D eigenvalue weighted by Crippen LogP contribution is -2.33. The van der Waals surface area contributed by atoms with Crippen LogP contribution in [0.2, 0.25) is 0 Å². The largest absolute Gasteiger partial charge is 0.378 e. The number of hydrogen-bond acceptors (Lipinski definition) is 3. The third-order valence-electron chi connectivity index (χ3n) is 4.27. The highest BCUT2D eigenvalue weighted by Crippen LogP contribution is 2.14. The second kappa shape index (κ2) is 10.6. The smallest absolute Gasteiger partial charge is 0.251 e. The Kier molecular flexibility index (Phi) is 8.16. The van der Waals surface area contributed by atoms with Gasteiger partial charge >= 0.3 is 0 Å². The normalized spacial score (nSPS) is 12.1. The number of nitrogens with one attached hydrogen (secondary N) is 1. The summed E-state index contributed by atoms with van der Waals surface area (Å²) in [5.74, 6) is -0.0817. The molecule has 2 aromatic rings. The highest BCUT2D eigenvalue weighted by molar-refractivity contribution is 5.94. The van der Waals surface area contributed by atoms with Gasteiger partial charge in [0.2, 0.25) is 0 Å². The third-order valence-corrected chi connectivity index (χ3v) is 4.27. The zero-order chi connectivity index (χ0) is 17.9. The summed E-state index contributed by atoms with van der Waals surface area (Å²) in [7, 11) is 0. The van der Waals surface area contributed by atoms with Gasteiger partial charge in [-0.1, -0.05) is 62.4 Å². The average molecular weight is 340 g/mol. The standard InChI is InChI=1S/C21H28N2O2/c1-3-23(4-2)15-16-25-17-20(18-11-7-5-8-12-18)22-21(24)19-13-9-6-10-14-19/h5-14,20H,3-4,15-17H2,1-2H3,(H,22,24). The maximum absolute atomic E-state index is 12.5. The Bertz CT molecular complexity index is 612. The Hall–Kier alpha value is -2.17. The van der Waals surface area contributed by atoms with Crippen LogP contribution in [-0.4, -0.2) is 43.7 Å². The fraction of sp³-hybridized carbons (Fsp3) is 0.381. The van der Waals surface area contributed by atoms with Crippen molar-refractivity contribution in [1.82, 2.24) is 10.2 Å². The molecule has 0 heterocycles. The number of likely N-dealkylation sites (N-methyl/N-ethyl adjacent to an activating group) is 1. The van der Waals surface area contributed by atoms with Crippen LogP contribution in [0.1, 0.15) is 35.8 Å². The van der Waals surface area contributed by atoms with Gasteiger partial charge in [0.25, 0.3) is 5.91 Å². The van der Waals surface area contributed by atoms with E-state index in [4.69, 9.17) is 4.74 Å². The molecule has 0 fully saturated rings. The number of amides is 1. The SMILES string of the molecule is CCN(CC)CCOCC(NC(=O)c1ccccc1)c1ccccc1. The summed E-state index contributed by atoms with van der Waals surface area (Å²) < 4.78 is 5.86. The Morgan fingerprint density at radius 2 is 1.60 bits per heavy atom. The maximum Gasteiger partial charge on any atom is 0.251 e. The van der Waals surface area contributed by atoms with Gasteiger partial charge in [-0.15, -0.1) is 0 Å². The van der Waals surface area contributed by atoms with E-state index in [9.17, 15) is 4.79 Å². The molecule has 0 radical (unpaired) electrons. The van der Waals surface area contributed by atoms with Crippen LogP contribution in [0.15, 0.2) is 60.7 Å². The van der Waals surface area contributed by atoms with E-state index in [2.05, 4.69) is 24.1 Å². The van der Waals surface area contributed by atoms with E-state index in [0.717, 1.165) is 25.2 Å². The highest BCUT2D eigenvalue weighted by atomic mass is 16.5. The van der Waals surface area contributed by atoms with Crippen molar-refractivity contribution < 1.29 is 9.53 Å². The number of carbonyl (C=O) groups excluding carboxylic acids is 1. The molecule has 0 aliphatic carbocycles. The van der Waals surface area contributed by atoms with Crippen LogP contribution >= 0.6 is 0 Å². The van der Waals surface area contributed by atoms with Gasteiger partial charge in [0.15, 0.2) is 0 Å². The summed E-state index contributed by atoms with van der Waals surface area (Å²) in [6, 6.07) is 19.1. The van der Waals surface area contributed by atoms with Gasteiger partial charge in [-0.05, 0) is 30.8 Å². The monoisotopic (exact) mass is 340 g/mol. The first-order valence-corrected chi connectivity index (χ1v) is 8.95. The molecule has 4 heteroatoms. The van der Waals surface area contributed by atoms with Gasteiger partial charge in [-0.2, -0.15) is 0 Å². The summed E-state index contributed by atoms with van der Waals surface area (Å²) in [5.41, 5.74) is 1.71. The maximum atomic E-state index is 12.5. The van der Waals surface area contributed by atoms with Crippen LogP contribution in [0.3, 0.4) is 0 Å². The summed E-state index contributed by atoms with van der Waals surface area (Å²) in [6.45, 7) is 8.36. The van der Waals surface area contributed by atoms with Crippen molar-refractivity contribution >= 4 is 5.91 Å². The number of rotatable bonds is 10. The van der Waals surface area contributed by atoms with Crippen LogP contribution in [0.25, 0.3) is 0 Å². The summed E-state index contributed by atoms with van der Waals surface area (Å²) >= 11 is 0. The number of benzene rings is 2. The summed E-state index contributed by atoms with van der Waals surface area (Å²) in [5, 5.41) is 3.09. The Labute approximate surface area is 150 Å². The zero-order valence-electron chi connectivity index (χ0n) is 15.2. The number of nitrogens with zero attached hydrogens (tertiary/aromatic N) is 1. The molecule has 1 N–H and O–H groups in total. The van der Waals surface area contributed by atoms with Gasteiger partial charge in [0.1, 0.15) is 0 Å². The molecule has 0 saturated heterocycles. The van der Waals surface area contributed by atoms with E-state index >= 15 is 0 Å². The average Bonchev–Trinajstić information content (AvgIpc) is 2.68. The number of ether oxygens (including phenoxy) is 1. The van der Waals surface area contributed by atoms with E-state index in [-0.39, 0.29) is 11.9 Å². The Morgan fingerprint density at radius 3 is 2.20 bits per heavy atom. The summed E-state index contributed by atoms with van der Waals surface area (Å²) in [6.07, 6.45) is 0. The fourth-order valence-corrected chi connectivity index (χ4v) is 2.67. The van der Waals surface area contributed by atoms with Crippen molar-refractivity contribution in [2.75, 3.05) is 32.8 Å². The quantitative estimate of drug-likeness (QED) is 0.673. The van der Waals surface area contributed by atoms with Crippen LogP contribution < -0.4 is 5.32 Å². The van der Waals surface area contributed by atoms with Gasteiger partial charge < -0.3 is 15.0 Å². The molecule has 0 saturated carbocycles. The van der Waals surface area contributed by atoms with E-state index in [0.29, 0.717) is 18.8 Å². The lowest BCUT2D eigenvalue weighted by molar-refractivity contribution is 0.0767. The van der Waals surface area contributed by atoms with Crippen molar-refractivity contribution in [1.29, 1.82) is 0 Å². The zero-order valence-corrected chi connectivity index (χ0v) is 15.2. The first-order chi connectivity index (χ1) is 12.2. The molecule has 25 heavy (non-hydrogen) atoms. The molecule has 0 spiro atoms. The lowest BCUT2D eigenvalue weighted by atomic mass is 10.1. The van der Waals surface area contributed by atoms with E-state index < -0.39 is 0 Å². The van der Waals surface area contributed by atoms with Crippen LogP contribution in [0, 0.1) is 0 Å². The van der Waals surface area contributed by atoms with Gasteiger partial charge in [-0.25, -0.2) is 0 Å². The first-order valence-electron chi connectivity index (χ1n) is 8.95. The molecule has 1 atom stereocenters. The van der Waals surface area contributed by atoms with Crippen molar-refractivity contribution in [3.63, 3.8) is 0 Å². The van der Waals surface area contributed by atoms with Crippen molar-refractivity contribution in [2.45, 2.75) is 19.9 Å². The molecule has 0 aromatic heterocycles. The van der Waals surface area contributed by atoms with E-state index in [1.807, 2.05) is 60.7 Å². The number of carbonyl (C=O) groups is 1. The minimum atomic E-state index is -0.161. The second-order valence-electron chi connectivity index (χ2n) is 5.90. The molecule has 2 aromatic carbocycles. The van der Waals surface area contributed by atoms with Crippen LogP contribution in [0.4, 0.5) is 0 Å². The van der Waals surface area contributed by atoms with Gasteiger partial charge in [0, 0.05) is 12.1 Å². The minimum absolute atomic E-state index is 0.0817. The first kappa shape index (κ1) is 19.2. The molecular weight excluding hydrogens is 312 g/mol. The molecule has 2 rings (SSSR count). The van der Waals surface area contributed by atoms with Crippen molar-refractivity contribution in [3.05, 3.63) is 71.8 Å². The topological polar surface area (TPSA) is 41.6 Å². The van der Waals surface area contributed by atoms with Crippen LogP contribution in [0.5, 0.6) is 0 Å². The summed E-state index contributed by atoms with van der Waals surface area (Å²) in [4.78, 5) is 14.8. The molecule has 1 unspecified atom stereocenters. The Balaban J connectivity index is 1.95. The minimum Gasteiger partial charge on any atom is -0.378 e. The third kappa shape index (κ3) is 6.33. The van der Waals surface area contributed by atoms with Gasteiger partial charge in [0.05, 0.1) is 19.3 Å². The Morgan fingerprint density at radius 1 is 1.00 bits per heavy atom. The van der Waals surface area contributed by atoms with E-state index in [1.54, 1.807) is 0 Å². The molecule has 0 bridgehead atoms.